The predicted molar refractivity (Wildman–Crippen MR) is 109 cm³/mol. The molecule has 2 aliphatic rings. The Morgan fingerprint density at radius 3 is 2.45 bits per heavy atom. The highest BCUT2D eigenvalue weighted by atomic mass is 16.6. The second-order valence-corrected chi connectivity index (χ2v) is 8.73. The molecular weight excluding hydrogens is 370 g/mol. The average molecular weight is 402 g/mol. The van der Waals surface area contributed by atoms with Crippen LogP contribution in [0, 0.1) is 23.2 Å². The van der Waals surface area contributed by atoms with Crippen molar-refractivity contribution in [3.8, 4) is 11.8 Å². The van der Waals surface area contributed by atoms with E-state index in [1.807, 2.05) is 19.2 Å². The van der Waals surface area contributed by atoms with Crippen molar-refractivity contribution in [1.82, 2.24) is 9.80 Å². The number of piperidine rings is 1. The first-order valence-electron chi connectivity index (χ1n) is 10.2. The highest BCUT2D eigenvalue weighted by molar-refractivity contribution is 5.68. The highest BCUT2D eigenvalue weighted by Gasteiger charge is 2.46. The number of aliphatic hydroxyl groups is 1. The highest BCUT2D eigenvalue weighted by Crippen LogP contribution is 2.40. The lowest BCUT2D eigenvalue weighted by Gasteiger charge is -2.42. The first kappa shape index (κ1) is 21.4. The molecule has 3 rings (SSSR count). The summed E-state index contributed by atoms with van der Waals surface area (Å²) < 4.78 is 11.3. The molecule has 0 aromatic heterocycles. The van der Waals surface area contributed by atoms with E-state index in [4.69, 9.17) is 14.7 Å². The number of nitrogens with zero attached hydrogens (tertiary/aromatic N) is 3. The van der Waals surface area contributed by atoms with Crippen molar-refractivity contribution in [2.24, 2.45) is 11.8 Å². The number of carbonyl (C=O) groups is 1. The fourth-order valence-electron chi connectivity index (χ4n) is 4.49. The SMILES string of the molecule is CN(C(=O)OC(C)(C)CO)C1C2CCC1CN(CCOc1ccc(C#N)cc1)C2. The Morgan fingerprint density at radius 2 is 1.90 bits per heavy atom. The molecule has 7 heteroatoms. The Balaban J connectivity index is 1.49. The van der Waals surface area contributed by atoms with Crippen molar-refractivity contribution in [2.45, 2.75) is 38.3 Å². The fourth-order valence-corrected chi connectivity index (χ4v) is 4.49. The summed E-state index contributed by atoms with van der Waals surface area (Å²) in [5, 5.41) is 18.2. The Hall–Kier alpha value is -2.30. The van der Waals surface area contributed by atoms with Crippen molar-refractivity contribution >= 4 is 6.09 Å². The van der Waals surface area contributed by atoms with Crippen molar-refractivity contribution in [2.75, 3.05) is 39.9 Å². The molecule has 1 aliphatic carbocycles. The lowest BCUT2D eigenvalue weighted by atomic mass is 9.91. The molecule has 1 aliphatic heterocycles. The molecule has 7 nitrogen and oxygen atoms in total. The lowest BCUT2D eigenvalue weighted by molar-refractivity contribution is -0.0329. The van der Waals surface area contributed by atoms with Crippen LogP contribution < -0.4 is 4.74 Å². The minimum atomic E-state index is -0.867. The Morgan fingerprint density at radius 1 is 1.28 bits per heavy atom. The van der Waals surface area contributed by atoms with Crippen molar-refractivity contribution < 1.29 is 19.4 Å². The topological polar surface area (TPSA) is 86.0 Å². The number of carbonyl (C=O) groups excluding carboxylic acids is 1. The van der Waals surface area contributed by atoms with Crippen LogP contribution in [0.2, 0.25) is 0 Å². The molecular formula is C22H31N3O4. The summed E-state index contributed by atoms with van der Waals surface area (Å²) in [5.74, 6) is 1.63. The number of benzene rings is 1. The van der Waals surface area contributed by atoms with Crippen LogP contribution in [-0.4, -0.2) is 72.5 Å². The summed E-state index contributed by atoms with van der Waals surface area (Å²) in [5.41, 5.74) is -0.241. The van der Waals surface area contributed by atoms with Gasteiger partial charge in [0.25, 0.3) is 0 Å². The maximum Gasteiger partial charge on any atom is 0.410 e. The molecule has 1 saturated carbocycles. The third-order valence-electron chi connectivity index (χ3n) is 6.00. The molecule has 1 aromatic carbocycles. The van der Waals surface area contributed by atoms with Gasteiger partial charge in [-0.05, 0) is 62.8 Å². The molecule has 1 saturated heterocycles. The van der Waals surface area contributed by atoms with Gasteiger partial charge in [0.1, 0.15) is 18.0 Å². The van der Waals surface area contributed by atoms with Gasteiger partial charge in [0.2, 0.25) is 0 Å². The van der Waals surface area contributed by atoms with E-state index in [-0.39, 0.29) is 18.7 Å². The second kappa shape index (κ2) is 9.02. The molecule has 2 unspecified atom stereocenters. The Bertz CT molecular complexity index is 729. The molecule has 2 bridgehead atoms. The van der Waals surface area contributed by atoms with Crippen molar-refractivity contribution in [3.05, 3.63) is 29.8 Å². The van der Waals surface area contributed by atoms with Gasteiger partial charge in [0.05, 0.1) is 18.2 Å². The monoisotopic (exact) mass is 401 g/mol. The predicted octanol–water partition coefficient (Wildman–Crippen LogP) is 2.49. The van der Waals surface area contributed by atoms with Gasteiger partial charge in [-0.25, -0.2) is 4.79 Å². The number of hydrogen-bond acceptors (Lipinski definition) is 6. The van der Waals surface area contributed by atoms with E-state index in [1.165, 1.54) is 0 Å². The average Bonchev–Trinajstić information content (AvgIpc) is 2.97. The minimum Gasteiger partial charge on any atom is -0.492 e. The number of aliphatic hydroxyl groups excluding tert-OH is 1. The van der Waals surface area contributed by atoms with Gasteiger partial charge in [0.15, 0.2) is 0 Å². The molecule has 29 heavy (non-hydrogen) atoms. The van der Waals surface area contributed by atoms with Crippen LogP contribution in [0.15, 0.2) is 24.3 Å². The summed E-state index contributed by atoms with van der Waals surface area (Å²) >= 11 is 0. The summed E-state index contributed by atoms with van der Waals surface area (Å²) in [6.45, 7) is 6.55. The molecule has 1 heterocycles. The summed E-state index contributed by atoms with van der Waals surface area (Å²) in [4.78, 5) is 16.7. The van der Waals surface area contributed by atoms with E-state index in [2.05, 4.69) is 11.0 Å². The van der Waals surface area contributed by atoms with Gasteiger partial charge in [0, 0.05) is 32.7 Å². The van der Waals surface area contributed by atoms with Gasteiger partial charge in [-0.3, -0.25) is 4.90 Å². The molecule has 2 fully saturated rings. The normalized spacial score (nSPS) is 24.0. The second-order valence-electron chi connectivity index (χ2n) is 8.73. The standard InChI is InChI=1S/C22H31N3O4/c1-22(2,15-26)29-21(27)24(3)20-17-6-7-18(20)14-25(13-17)10-11-28-19-8-4-16(12-23)5-9-19/h4-5,8-9,17-18,20,26H,6-7,10-11,13-15H2,1-3H3. The third-order valence-corrected chi connectivity index (χ3v) is 6.00. The van der Waals surface area contributed by atoms with Crippen LogP contribution >= 0.6 is 0 Å². The van der Waals surface area contributed by atoms with Crippen LogP contribution in [0.1, 0.15) is 32.3 Å². The van der Waals surface area contributed by atoms with Crippen LogP contribution in [0.4, 0.5) is 4.79 Å². The first-order chi connectivity index (χ1) is 13.8. The van der Waals surface area contributed by atoms with Crippen molar-refractivity contribution in [1.29, 1.82) is 5.26 Å². The first-order valence-corrected chi connectivity index (χ1v) is 10.2. The van der Waals surface area contributed by atoms with Gasteiger partial charge < -0.3 is 19.5 Å². The van der Waals surface area contributed by atoms with Crippen LogP contribution in [0.3, 0.4) is 0 Å². The summed E-state index contributed by atoms with van der Waals surface area (Å²) in [7, 11) is 1.81. The van der Waals surface area contributed by atoms with E-state index in [0.717, 1.165) is 38.2 Å². The number of amides is 1. The van der Waals surface area contributed by atoms with E-state index >= 15 is 0 Å². The molecule has 1 aromatic rings. The maximum absolute atomic E-state index is 12.5. The van der Waals surface area contributed by atoms with E-state index in [9.17, 15) is 9.90 Å². The minimum absolute atomic E-state index is 0.188. The largest absolute Gasteiger partial charge is 0.492 e. The lowest BCUT2D eigenvalue weighted by Crippen LogP contribution is -2.54. The molecule has 0 spiro atoms. The molecule has 1 N–H and O–H groups in total. The van der Waals surface area contributed by atoms with Gasteiger partial charge in [-0.15, -0.1) is 0 Å². The molecule has 1 amide bonds. The molecule has 158 valence electrons. The fraction of sp³-hybridized carbons (Fsp3) is 0.636. The molecule has 0 radical (unpaired) electrons. The van der Waals surface area contributed by atoms with Gasteiger partial charge in [-0.1, -0.05) is 0 Å². The zero-order valence-corrected chi connectivity index (χ0v) is 17.5. The number of ether oxygens (including phenoxy) is 2. The van der Waals surface area contributed by atoms with E-state index in [1.54, 1.807) is 30.9 Å². The van der Waals surface area contributed by atoms with Gasteiger partial charge >= 0.3 is 6.09 Å². The summed E-state index contributed by atoms with van der Waals surface area (Å²) in [6, 6.07) is 9.45. The Labute approximate surface area is 172 Å². The number of likely N-dealkylation sites (tertiary alicyclic amines) is 1. The zero-order valence-electron chi connectivity index (χ0n) is 17.5. The summed E-state index contributed by atoms with van der Waals surface area (Å²) in [6.07, 6.45) is 1.87. The van der Waals surface area contributed by atoms with Crippen LogP contribution in [-0.2, 0) is 4.74 Å². The van der Waals surface area contributed by atoms with Crippen LogP contribution in [0.25, 0.3) is 0 Å². The number of rotatable bonds is 7. The van der Waals surface area contributed by atoms with E-state index < -0.39 is 5.60 Å². The van der Waals surface area contributed by atoms with E-state index in [0.29, 0.717) is 24.0 Å². The zero-order chi connectivity index (χ0) is 21.0. The van der Waals surface area contributed by atoms with Gasteiger partial charge in [-0.2, -0.15) is 5.26 Å². The molecule has 2 atom stereocenters. The number of hydrogen-bond donors (Lipinski definition) is 1. The van der Waals surface area contributed by atoms with Crippen LogP contribution in [0.5, 0.6) is 5.75 Å². The number of fused-ring (bicyclic) bond motifs is 2. The Kier molecular flexibility index (Phi) is 6.66. The maximum atomic E-state index is 12.5. The smallest absolute Gasteiger partial charge is 0.410 e. The number of nitriles is 1. The quantitative estimate of drug-likeness (QED) is 0.755. The third kappa shape index (κ3) is 5.20. The van der Waals surface area contributed by atoms with Crippen molar-refractivity contribution in [3.63, 3.8) is 0 Å².